The first-order valence-electron chi connectivity index (χ1n) is 8.62. The first kappa shape index (κ1) is 22.2. The van der Waals surface area contributed by atoms with Gasteiger partial charge in [-0.05, 0) is 11.6 Å². The first-order chi connectivity index (χ1) is 13.7. The number of aliphatic carboxylic acids is 2. The number of fused-ring (bicyclic) bond motifs is 1. The second-order valence-corrected chi connectivity index (χ2v) is 6.94. The van der Waals surface area contributed by atoms with Gasteiger partial charge in [0.15, 0.2) is 0 Å². The van der Waals surface area contributed by atoms with Crippen LogP contribution in [-0.2, 0) is 25.6 Å². The predicted octanol–water partition coefficient (Wildman–Crippen LogP) is -0.470. The number of carboxylic acid groups (broad SMARTS) is 2. The highest BCUT2D eigenvalue weighted by molar-refractivity contribution is 7.81. The van der Waals surface area contributed by atoms with Crippen molar-refractivity contribution in [2.45, 2.75) is 30.2 Å². The van der Waals surface area contributed by atoms with Crippen molar-refractivity contribution in [3.05, 3.63) is 36.0 Å². The van der Waals surface area contributed by atoms with Crippen molar-refractivity contribution in [3.63, 3.8) is 0 Å². The van der Waals surface area contributed by atoms with E-state index in [0.717, 1.165) is 10.9 Å². The minimum atomic E-state index is -1.52. The van der Waals surface area contributed by atoms with E-state index in [9.17, 15) is 24.3 Å². The summed E-state index contributed by atoms with van der Waals surface area (Å²) in [7, 11) is 0. The Labute approximate surface area is 170 Å². The minimum Gasteiger partial charge on any atom is -0.481 e. The van der Waals surface area contributed by atoms with Gasteiger partial charge in [-0.25, -0.2) is 4.79 Å². The average molecular weight is 423 g/mol. The monoisotopic (exact) mass is 423 g/mol. The lowest BCUT2D eigenvalue weighted by molar-refractivity contribution is -0.143. The number of aromatic amines is 1. The van der Waals surface area contributed by atoms with Gasteiger partial charge in [0.05, 0.1) is 13.0 Å². The van der Waals surface area contributed by atoms with Crippen molar-refractivity contribution in [2.75, 3.05) is 6.61 Å². The molecule has 0 bridgehead atoms. The molecule has 1 heterocycles. The Morgan fingerprint density at radius 1 is 1.03 bits per heavy atom. The Hall–Kier alpha value is -3.05. The van der Waals surface area contributed by atoms with Crippen LogP contribution in [0.15, 0.2) is 30.5 Å². The number of benzene rings is 1. The average Bonchev–Trinajstić information content (AvgIpc) is 3.08. The van der Waals surface area contributed by atoms with E-state index in [1.165, 1.54) is 0 Å². The van der Waals surface area contributed by atoms with Crippen LogP contribution in [0, 0.1) is 0 Å². The second-order valence-electron chi connectivity index (χ2n) is 6.32. The molecule has 0 aliphatic heterocycles. The van der Waals surface area contributed by atoms with Gasteiger partial charge in [-0.15, -0.1) is 0 Å². The van der Waals surface area contributed by atoms with E-state index < -0.39 is 54.1 Å². The zero-order chi connectivity index (χ0) is 21.6. The minimum absolute atomic E-state index is 0.0509. The van der Waals surface area contributed by atoms with Crippen molar-refractivity contribution >= 4 is 47.3 Å². The van der Waals surface area contributed by atoms with Crippen LogP contribution < -0.4 is 10.6 Å². The van der Waals surface area contributed by atoms with Crippen molar-refractivity contribution in [1.29, 1.82) is 0 Å². The fourth-order valence-corrected chi connectivity index (χ4v) is 2.80. The number of carbonyl (C=O) groups is 4. The zero-order valence-corrected chi connectivity index (χ0v) is 16.1. The second kappa shape index (κ2) is 9.94. The Balaban J connectivity index is 2.15. The summed E-state index contributed by atoms with van der Waals surface area (Å²) in [6, 6.07) is 4.36. The number of H-pyrrole nitrogens is 1. The molecule has 0 saturated carbocycles. The van der Waals surface area contributed by atoms with Gasteiger partial charge in [-0.2, -0.15) is 12.6 Å². The lowest BCUT2D eigenvalue weighted by Gasteiger charge is -2.21. The SMILES string of the molecule is O=C(O)CC(NC(=O)[C@@H](S)CO)C(=O)N[C@@H](Cc1c[nH]c2ccccc12)C(=O)O. The van der Waals surface area contributed by atoms with Crippen LogP contribution in [0.4, 0.5) is 0 Å². The molecule has 29 heavy (non-hydrogen) atoms. The molecule has 1 unspecified atom stereocenters. The molecule has 6 N–H and O–H groups in total. The molecule has 0 saturated heterocycles. The summed E-state index contributed by atoms with van der Waals surface area (Å²) >= 11 is 3.82. The highest BCUT2D eigenvalue weighted by Crippen LogP contribution is 2.19. The zero-order valence-electron chi connectivity index (χ0n) is 15.2. The molecule has 11 heteroatoms. The number of aliphatic hydroxyl groups excluding tert-OH is 1. The summed E-state index contributed by atoms with van der Waals surface area (Å²) in [5.41, 5.74) is 1.46. The van der Waals surface area contributed by atoms with Gasteiger partial charge >= 0.3 is 11.9 Å². The highest BCUT2D eigenvalue weighted by atomic mass is 32.1. The maximum absolute atomic E-state index is 12.5. The maximum Gasteiger partial charge on any atom is 0.326 e. The summed E-state index contributed by atoms with van der Waals surface area (Å²) < 4.78 is 0. The van der Waals surface area contributed by atoms with E-state index in [0.29, 0.717) is 5.56 Å². The summed E-state index contributed by atoms with van der Waals surface area (Å²) in [6.07, 6.45) is 0.823. The number of carbonyl (C=O) groups excluding carboxylic acids is 2. The molecule has 10 nitrogen and oxygen atoms in total. The van der Waals surface area contributed by atoms with Crippen LogP contribution in [0.25, 0.3) is 10.9 Å². The summed E-state index contributed by atoms with van der Waals surface area (Å²) in [6.45, 7) is -0.616. The number of rotatable bonds is 10. The number of aliphatic hydroxyl groups is 1. The quantitative estimate of drug-likeness (QED) is 0.253. The molecule has 0 radical (unpaired) electrons. The van der Waals surface area contributed by atoms with E-state index in [4.69, 9.17) is 10.2 Å². The largest absolute Gasteiger partial charge is 0.481 e. The van der Waals surface area contributed by atoms with E-state index in [-0.39, 0.29) is 6.42 Å². The fraction of sp³-hybridized carbons (Fsp3) is 0.333. The lowest BCUT2D eigenvalue weighted by atomic mass is 10.0. The summed E-state index contributed by atoms with van der Waals surface area (Å²) in [5.74, 6) is -4.49. The van der Waals surface area contributed by atoms with E-state index in [2.05, 4.69) is 28.2 Å². The van der Waals surface area contributed by atoms with Gasteiger partial charge in [-0.3, -0.25) is 14.4 Å². The molecule has 0 aliphatic rings. The molecular weight excluding hydrogens is 402 g/mol. The number of carboxylic acids is 2. The molecule has 1 aromatic heterocycles. The third kappa shape index (κ3) is 5.96. The van der Waals surface area contributed by atoms with Crippen LogP contribution in [0.1, 0.15) is 12.0 Å². The third-order valence-corrected chi connectivity index (χ3v) is 4.60. The molecule has 156 valence electrons. The number of thiol groups is 1. The molecule has 2 rings (SSSR count). The molecule has 1 aromatic carbocycles. The molecule has 3 atom stereocenters. The van der Waals surface area contributed by atoms with Crippen LogP contribution in [0.2, 0.25) is 0 Å². The molecular formula is C18H21N3O7S. The van der Waals surface area contributed by atoms with Crippen molar-refractivity contribution in [2.24, 2.45) is 0 Å². The number of hydrogen-bond donors (Lipinski definition) is 7. The summed E-state index contributed by atoms with van der Waals surface area (Å²) in [5, 5.41) is 31.5. The molecule has 0 aliphatic carbocycles. The standard InChI is InChI=1S/C18H21N3O7S/c22-8-14(29)17(26)20-12(6-15(23)24)16(25)21-13(18(27)28)5-9-7-19-11-4-2-1-3-10(9)11/h1-4,7,12-14,19,22,29H,5-6,8H2,(H,20,26)(H,21,25)(H,23,24)(H,27,28)/t12?,13-,14-/m0/s1. The fourth-order valence-electron chi connectivity index (χ4n) is 2.73. The van der Waals surface area contributed by atoms with Crippen molar-refractivity contribution in [1.82, 2.24) is 15.6 Å². The normalized spacial score (nSPS) is 14.0. The van der Waals surface area contributed by atoms with Crippen LogP contribution in [0.3, 0.4) is 0 Å². The summed E-state index contributed by atoms with van der Waals surface area (Å²) in [4.78, 5) is 50.0. The number of para-hydroxylation sites is 1. The van der Waals surface area contributed by atoms with Crippen molar-refractivity contribution in [3.8, 4) is 0 Å². The Morgan fingerprint density at radius 2 is 1.69 bits per heavy atom. The number of amides is 2. The van der Waals surface area contributed by atoms with Gasteiger partial charge in [0.25, 0.3) is 0 Å². The van der Waals surface area contributed by atoms with E-state index in [1.807, 2.05) is 12.1 Å². The van der Waals surface area contributed by atoms with Crippen LogP contribution in [-0.4, -0.2) is 68.0 Å². The Morgan fingerprint density at radius 3 is 2.31 bits per heavy atom. The number of nitrogens with one attached hydrogen (secondary N) is 3. The third-order valence-electron chi connectivity index (χ3n) is 4.20. The van der Waals surface area contributed by atoms with Crippen LogP contribution in [0.5, 0.6) is 0 Å². The topological polar surface area (TPSA) is 169 Å². The van der Waals surface area contributed by atoms with E-state index in [1.54, 1.807) is 18.3 Å². The van der Waals surface area contributed by atoms with Gasteiger partial charge in [0.2, 0.25) is 11.8 Å². The lowest BCUT2D eigenvalue weighted by Crippen LogP contribution is -2.54. The van der Waals surface area contributed by atoms with Crippen LogP contribution >= 0.6 is 12.6 Å². The maximum atomic E-state index is 12.5. The van der Waals surface area contributed by atoms with Gasteiger partial charge in [-0.1, -0.05) is 18.2 Å². The number of aromatic nitrogens is 1. The number of hydrogen-bond acceptors (Lipinski definition) is 6. The smallest absolute Gasteiger partial charge is 0.326 e. The molecule has 2 amide bonds. The first-order valence-corrected chi connectivity index (χ1v) is 9.13. The van der Waals surface area contributed by atoms with Gasteiger partial charge in [0.1, 0.15) is 17.3 Å². The molecule has 0 fully saturated rings. The van der Waals surface area contributed by atoms with Gasteiger partial charge in [0, 0.05) is 23.5 Å². The Kier molecular flexibility index (Phi) is 7.62. The predicted molar refractivity (Wildman–Crippen MR) is 106 cm³/mol. The van der Waals surface area contributed by atoms with Crippen molar-refractivity contribution < 1.29 is 34.5 Å². The highest BCUT2D eigenvalue weighted by Gasteiger charge is 2.30. The van der Waals surface area contributed by atoms with Gasteiger partial charge < -0.3 is 30.9 Å². The molecule has 2 aromatic rings. The van der Waals surface area contributed by atoms with E-state index >= 15 is 0 Å². The molecule has 0 spiro atoms. The Bertz CT molecular complexity index is 914.